The van der Waals surface area contributed by atoms with Gasteiger partial charge in [-0.25, -0.2) is 4.98 Å². The number of rotatable bonds is 5. The second-order valence-electron chi connectivity index (χ2n) is 5.41. The van der Waals surface area contributed by atoms with Gasteiger partial charge < -0.3 is 5.32 Å². The van der Waals surface area contributed by atoms with Gasteiger partial charge in [0.05, 0.1) is 17.3 Å². The number of benzene rings is 1. The van der Waals surface area contributed by atoms with E-state index in [1.54, 1.807) is 0 Å². The van der Waals surface area contributed by atoms with E-state index in [1.807, 2.05) is 13.1 Å². The molecule has 0 radical (unpaired) electrons. The first-order chi connectivity index (χ1) is 9.28. The molecule has 19 heavy (non-hydrogen) atoms. The van der Waals surface area contributed by atoms with Gasteiger partial charge >= 0.3 is 0 Å². The smallest absolute Gasteiger partial charge is 0.0722 e. The largest absolute Gasteiger partial charge is 0.312 e. The molecule has 0 spiro atoms. The van der Waals surface area contributed by atoms with Crippen LogP contribution in [0.4, 0.5) is 0 Å². The van der Waals surface area contributed by atoms with Gasteiger partial charge in [0, 0.05) is 9.86 Å². The van der Waals surface area contributed by atoms with Crippen molar-refractivity contribution in [3.8, 4) is 0 Å². The maximum absolute atomic E-state index is 4.83. The highest BCUT2D eigenvalue weighted by molar-refractivity contribution is 9.10. The van der Waals surface area contributed by atoms with Crippen molar-refractivity contribution < 1.29 is 0 Å². The Balaban J connectivity index is 1.89. The summed E-state index contributed by atoms with van der Waals surface area (Å²) >= 11 is 3.68. The fraction of sp³-hybridized carbons (Fsp3) is 0.438. The molecular weight excluding hydrogens is 300 g/mol. The minimum absolute atomic E-state index is 0.347. The zero-order valence-corrected chi connectivity index (χ0v) is 12.8. The fourth-order valence-electron chi connectivity index (χ4n) is 2.58. The highest BCUT2D eigenvalue weighted by atomic mass is 79.9. The topological polar surface area (TPSA) is 24.9 Å². The van der Waals surface area contributed by atoms with E-state index in [4.69, 9.17) is 4.98 Å². The Labute approximate surface area is 122 Å². The Hall–Kier alpha value is -0.930. The van der Waals surface area contributed by atoms with Gasteiger partial charge in [-0.1, -0.05) is 31.0 Å². The molecule has 3 heteroatoms. The molecule has 0 saturated heterocycles. The van der Waals surface area contributed by atoms with Gasteiger partial charge in [-0.3, -0.25) is 0 Å². The standard InChI is InChI=1S/C16H19BrN2/c1-18-15(9-8-11-6-7-11)16-13(17)10-12-4-2-3-5-14(12)19-16/h2-5,10-11,15,18H,6-9H2,1H3. The number of para-hydroxylation sites is 1. The molecule has 1 saturated carbocycles. The van der Waals surface area contributed by atoms with Crippen LogP contribution >= 0.6 is 15.9 Å². The normalized spacial score (nSPS) is 16.7. The molecular formula is C16H19BrN2. The third-order valence-electron chi connectivity index (χ3n) is 3.94. The van der Waals surface area contributed by atoms with Crippen molar-refractivity contribution in [2.75, 3.05) is 7.05 Å². The molecule has 0 aliphatic heterocycles. The summed E-state index contributed by atoms with van der Waals surface area (Å²) in [5, 5.41) is 4.60. The van der Waals surface area contributed by atoms with Gasteiger partial charge in [-0.2, -0.15) is 0 Å². The molecule has 0 bridgehead atoms. The monoisotopic (exact) mass is 318 g/mol. The summed E-state index contributed by atoms with van der Waals surface area (Å²) in [4.78, 5) is 4.83. The predicted octanol–water partition coefficient (Wildman–Crippen LogP) is 4.45. The first kappa shape index (κ1) is 13.1. The molecule has 1 fully saturated rings. The van der Waals surface area contributed by atoms with Crippen LogP contribution in [-0.2, 0) is 0 Å². The average Bonchev–Trinajstić information content (AvgIpc) is 3.24. The Morgan fingerprint density at radius 3 is 2.89 bits per heavy atom. The number of nitrogens with zero attached hydrogens (tertiary/aromatic N) is 1. The van der Waals surface area contributed by atoms with Gasteiger partial charge in [0.2, 0.25) is 0 Å². The molecule has 1 aliphatic carbocycles. The minimum Gasteiger partial charge on any atom is -0.312 e. The Kier molecular flexibility index (Phi) is 3.85. The number of pyridine rings is 1. The van der Waals surface area contributed by atoms with Crippen LogP contribution in [0.15, 0.2) is 34.8 Å². The van der Waals surface area contributed by atoms with Crippen molar-refractivity contribution in [2.24, 2.45) is 5.92 Å². The van der Waals surface area contributed by atoms with Crippen molar-refractivity contribution >= 4 is 26.8 Å². The van der Waals surface area contributed by atoms with Crippen LogP contribution in [0.2, 0.25) is 0 Å². The molecule has 1 unspecified atom stereocenters. The maximum atomic E-state index is 4.83. The van der Waals surface area contributed by atoms with Crippen LogP contribution in [0.5, 0.6) is 0 Å². The highest BCUT2D eigenvalue weighted by Crippen LogP contribution is 2.36. The van der Waals surface area contributed by atoms with Gasteiger partial charge in [0.1, 0.15) is 0 Å². The lowest BCUT2D eigenvalue weighted by atomic mass is 10.0. The van der Waals surface area contributed by atoms with E-state index >= 15 is 0 Å². The summed E-state index contributed by atoms with van der Waals surface area (Å²) in [5.74, 6) is 0.968. The van der Waals surface area contributed by atoms with Crippen molar-refractivity contribution in [2.45, 2.75) is 31.7 Å². The van der Waals surface area contributed by atoms with E-state index in [1.165, 1.54) is 31.1 Å². The number of fused-ring (bicyclic) bond motifs is 1. The second kappa shape index (κ2) is 5.59. The van der Waals surface area contributed by atoms with Crippen molar-refractivity contribution in [1.82, 2.24) is 10.3 Å². The van der Waals surface area contributed by atoms with Crippen LogP contribution in [-0.4, -0.2) is 12.0 Å². The van der Waals surface area contributed by atoms with Gasteiger partial charge in [0.15, 0.2) is 0 Å². The van der Waals surface area contributed by atoms with Gasteiger partial charge in [-0.05, 0) is 53.9 Å². The molecule has 1 aromatic carbocycles. The molecule has 3 rings (SSSR count). The van der Waals surface area contributed by atoms with Crippen LogP contribution in [0.1, 0.15) is 37.4 Å². The summed E-state index contributed by atoms with van der Waals surface area (Å²) in [6, 6.07) is 10.8. The van der Waals surface area contributed by atoms with Crippen LogP contribution < -0.4 is 5.32 Å². The van der Waals surface area contributed by atoms with Crippen LogP contribution in [0.25, 0.3) is 10.9 Å². The zero-order chi connectivity index (χ0) is 13.2. The number of hydrogen-bond donors (Lipinski definition) is 1. The van der Waals surface area contributed by atoms with E-state index in [2.05, 4.69) is 45.5 Å². The fourth-order valence-corrected chi connectivity index (χ4v) is 3.19. The Morgan fingerprint density at radius 2 is 2.16 bits per heavy atom. The number of hydrogen-bond acceptors (Lipinski definition) is 2. The molecule has 0 amide bonds. The summed E-state index contributed by atoms with van der Waals surface area (Å²) in [6.45, 7) is 0. The van der Waals surface area contributed by atoms with Crippen LogP contribution in [0, 0.1) is 5.92 Å². The van der Waals surface area contributed by atoms with E-state index in [0.29, 0.717) is 6.04 Å². The van der Waals surface area contributed by atoms with E-state index < -0.39 is 0 Å². The van der Waals surface area contributed by atoms with Crippen molar-refractivity contribution in [1.29, 1.82) is 0 Å². The van der Waals surface area contributed by atoms with E-state index in [-0.39, 0.29) is 0 Å². The van der Waals surface area contributed by atoms with Crippen molar-refractivity contribution in [3.63, 3.8) is 0 Å². The van der Waals surface area contributed by atoms with E-state index in [0.717, 1.165) is 21.6 Å². The molecule has 2 nitrogen and oxygen atoms in total. The average molecular weight is 319 g/mol. The van der Waals surface area contributed by atoms with E-state index in [9.17, 15) is 0 Å². The molecule has 1 N–H and O–H groups in total. The quantitative estimate of drug-likeness (QED) is 0.881. The maximum Gasteiger partial charge on any atom is 0.0722 e. The first-order valence-electron chi connectivity index (χ1n) is 7.00. The number of halogens is 1. The van der Waals surface area contributed by atoms with Crippen LogP contribution in [0.3, 0.4) is 0 Å². The third kappa shape index (κ3) is 2.98. The molecule has 2 aromatic rings. The first-order valence-corrected chi connectivity index (χ1v) is 7.79. The summed E-state index contributed by atoms with van der Waals surface area (Å²) in [5.41, 5.74) is 2.22. The lowest BCUT2D eigenvalue weighted by Crippen LogP contribution is -2.18. The summed E-state index contributed by atoms with van der Waals surface area (Å²) < 4.78 is 1.11. The molecule has 1 atom stereocenters. The molecule has 1 aromatic heterocycles. The second-order valence-corrected chi connectivity index (χ2v) is 6.26. The lowest BCUT2D eigenvalue weighted by molar-refractivity contribution is 0.496. The molecule has 1 aliphatic rings. The summed E-state index contributed by atoms with van der Waals surface area (Å²) in [6.07, 6.45) is 5.32. The Morgan fingerprint density at radius 1 is 1.37 bits per heavy atom. The lowest BCUT2D eigenvalue weighted by Gasteiger charge is -2.17. The molecule has 100 valence electrons. The predicted molar refractivity (Wildman–Crippen MR) is 83.2 cm³/mol. The molecule has 1 heterocycles. The third-order valence-corrected chi connectivity index (χ3v) is 4.58. The van der Waals surface area contributed by atoms with Gasteiger partial charge in [-0.15, -0.1) is 0 Å². The Bertz CT molecular complexity index is 578. The van der Waals surface area contributed by atoms with Gasteiger partial charge in [0.25, 0.3) is 0 Å². The minimum atomic E-state index is 0.347. The van der Waals surface area contributed by atoms with Crippen molar-refractivity contribution in [3.05, 3.63) is 40.5 Å². The zero-order valence-electron chi connectivity index (χ0n) is 11.2. The number of aromatic nitrogens is 1. The summed E-state index contributed by atoms with van der Waals surface area (Å²) in [7, 11) is 2.03. The number of nitrogens with one attached hydrogen (secondary N) is 1. The highest BCUT2D eigenvalue weighted by Gasteiger charge is 2.24. The SMILES string of the molecule is CNC(CCC1CC1)c1nc2ccccc2cc1Br.